The van der Waals surface area contributed by atoms with Crippen LogP contribution in [0.3, 0.4) is 0 Å². The van der Waals surface area contributed by atoms with E-state index in [9.17, 15) is 13.2 Å². The third kappa shape index (κ3) is 4.19. The van der Waals surface area contributed by atoms with Crippen LogP contribution in [0.5, 0.6) is 0 Å². The van der Waals surface area contributed by atoms with Crippen molar-refractivity contribution in [3.05, 3.63) is 11.4 Å². The summed E-state index contributed by atoms with van der Waals surface area (Å²) in [5.74, 6) is -0.854. The Morgan fingerprint density at radius 3 is 2.65 bits per heavy atom. The Morgan fingerprint density at radius 2 is 2.15 bits per heavy atom. The minimum Gasteiger partial charge on any atom is -0.455 e. The van der Waals surface area contributed by atoms with Gasteiger partial charge in [0.15, 0.2) is 5.69 Å². The van der Waals surface area contributed by atoms with Crippen LogP contribution in [0.15, 0.2) is 4.90 Å². The Labute approximate surface area is 122 Å². The van der Waals surface area contributed by atoms with Crippen molar-refractivity contribution in [3.8, 4) is 0 Å². The van der Waals surface area contributed by atoms with Crippen molar-refractivity contribution in [1.82, 2.24) is 10.2 Å². The number of esters is 1. The summed E-state index contributed by atoms with van der Waals surface area (Å²) < 4.78 is 33.1. The molecule has 1 rings (SSSR count). The molecular weight excluding hydrogens is 308 g/mol. The molecule has 9 heteroatoms. The predicted molar refractivity (Wildman–Crippen MR) is 72.4 cm³/mol. The van der Waals surface area contributed by atoms with Crippen LogP contribution in [0.1, 0.15) is 36.5 Å². The fourth-order valence-electron chi connectivity index (χ4n) is 1.70. The Balaban J connectivity index is 3.09. The Bertz CT molecular complexity index is 569. The maximum Gasteiger partial charge on any atom is 0.360 e. The number of aromatic nitrogens is 2. The lowest BCUT2D eigenvalue weighted by Crippen LogP contribution is -2.21. The maximum absolute atomic E-state index is 11.9. The largest absolute Gasteiger partial charge is 0.455 e. The zero-order chi connectivity index (χ0) is 15.3. The molecule has 1 heterocycles. The fourth-order valence-corrected chi connectivity index (χ4v) is 3.00. The number of carbonyl (C=O) groups excluding carboxylic acids is 1. The normalized spacial score (nSPS) is 13.2. The highest BCUT2D eigenvalue weighted by molar-refractivity contribution is 8.13. The topological polar surface area (TPSA) is 98.3 Å². The number of carbonyl (C=O) groups is 1. The number of hydrogen-bond acceptors (Lipinski definition) is 6. The zero-order valence-electron chi connectivity index (χ0n) is 11.5. The molecule has 1 unspecified atom stereocenters. The summed E-state index contributed by atoms with van der Waals surface area (Å²) in [5, 5.41) is 6.23. The van der Waals surface area contributed by atoms with Gasteiger partial charge in [-0.2, -0.15) is 5.10 Å². The van der Waals surface area contributed by atoms with Crippen molar-refractivity contribution < 1.29 is 22.7 Å². The third-order valence-electron chi connectivity index (χ3n) is 2.44. The van der Waals surface area contributed by atoms with Crippen LogP contribution in [0, 0.1) is 0 Å². The lowest BCUT2D eigenvalue weighted by molar-refractivity contribution is 0.0110. The molecule has 1 N–H and O–H groups in total. The Morgan fingerprint density at radius 1 is 1.50 bits per heavy atom. The number of nitrogens with zero attached hydrogens (tertiary/aromatic N) is 1. The van der Waals surface area contributed by atoms with E-state index in [4.69, 9.17) is 20.2 Å². The molecule has 0 aromatic carbocycles. The first-order chi connectivity index (χ1) is 9.31. The minimum absolute atomic E-state index is 0.195. The summed E-state index contributed by atoms with van der Waals surface area (Å²) in [6.07, 6.45) is 0.565. The number of nitrogens with one attached hydrogen (secondary N) is 1. The molecule has 0 saturated heterocycles. The highest BCUT2D eigenvalue weighted by Gasteiger charge is 2.29. The third-order valence-corrected chi connectivity index (χ3v) is 3.83. The first kappa shape index (κ1) is 16.9. The molecule has 0 aliphatic heterocycles. The van der Waals surface area contributed by atoms with Crippen molar-refractivity contribution in [2.45, 2.75) is 37.7 Å². The van der Waals surface area contributed by atoms with Crippen LogP contribution >= 0.6 is 10.7 Å². The maximum atomic E-state index is 11.9. The first-order valence-electron chi connectivity index (χ1n) is 6.03. The van der Waals surface area contributed by atoms with E-state index in [-0.39, 0.29) is 17.2 Å². The second kappa shape index (κ2) is 7.05. The molecule has 0 bridgehead atoms. The molecule has 0 aliphatic carbocycles. The van der Waals surface area contributed by atoms with E-state index < -0.39 is 21.1 Å². The molecule has 20 heavy (non-hydrogen) atoms. The van der Waals surface area contributed by atoms with Gasteiger partial charge in [-0.05, 0) is 13.3 Å². The number of ether oxygens (including phenoxy) is 2. The smallest absolute Gasteiger partial charge is 0.360 e. The van der Waals surface area contributed by atoms with Crippen LogP contribution < -0.4 is 0 Å². The number of H-pyrrole nitrogens is 1. The summed E-state index contributed by atoms with van der Waals surface area (Å²) in [6.45, 7) is 3.68. The predicted octanol–water partition coefficient (Wildman–Crippen LogP) is 1.48. The van der Waals surface area contributed by atoms with Crippen LogP contribution in [-0.4, -0.2) is 44.4 Å². The molecule has 7 nitrogen and oxygen atoms in total. The molecule has 1 atom stereocenters. The Kier molecular flexibility index (Phi) is 5.97. The average molecular weight is 325 g/mol. The summed E-state index contributed by atoms with van der Waals surface area (Å²) >= 11 is 0. The second-order valence-electron chi connectivity index (χ2n) is 4.24. The molecular formula is C11H17ClN2O5S. The van der Waals surface area contributed by atoms with Crippen molar-refractivity contribution in [2.24, 2.45) is 0 Å². The quantitative estimate of drug-likeness (QED) is 0.602. The van der Waals surface area contributed by atoms with Crippen molar-refractivity contribution in [1.29, 1.82) is 0 Å². The van der Waals surface area contributed by atoms with E-state index in [2.05, 4.69) is 10.2 Å². The van der Waals surface area contributed by atoms with E-state index in [1.54, 1.807) is 6.92 Å². The van der Waals surface area contributed by atoms with Gasteiger partial charge in [0, 0.05) is 17.8 Å². The van der Waals surface area contributed by atoms with E-state index >= 15 is 0 Å². The van der Waals surface area contributed by atoms with Gasteiger partial charge in [0.25, 0.3) is 9.05 Å². The van der Waals surface area contributed by atoms with Gasteiger partial charge in [-0.25, -0.2) is 13.2 Å². The van der Waals surface area contributed by atoms with Gasteiger partial charge in [0.05, 0.1) is 12.3 Å². The van der Waals surface area contributed by atoms with Crippen LogP contribution in [0.2, 0.25) is 0 Å². The monoisotopic (exact) mass is 324 g/mol. The summed E-state index contributed by atoms with van der Waals surface area (Å²) in [4.78, 5) is 11.6. The van der Waals surface area contributed by atoms with E-state index in [1.165, 1.54) is 7.11 Å². The molecule has 0 amide bonds. The van der Waals surface area contributed by atoms with Gasteiger partial charge in [-0.1, -0.05) is 13.3 Å². The van der Waals surface area contributed by atoms with Crippen LogP contribution in [0.25, 0.3) is 0 Å². The number of methoxy groups -OCH3 is 1. The van der Waals surface area contributed by atoms with E-state index in [1.807, 2.05) is 6.92 Å². The summed E-state index contributed by atoms with van der Waals surface area (Å²) in [6, 6.07) is 0. The summed E-state index contributed by atoms with van der Waals surface area (Å²) in [7, 11) is 2.74. The molecule has 0 aliphatic rings. The van der Waals surface area contributed by atoms with Crippen molar-refractivity contribution in [2.75, 3.05) is 13.7 Å². The number of halogens is 1. The lowest BCUT2D eigenvalue weighted by Gasteiger charge is -2.11. The van der Waals surface area contributed by atoms with Gasteiger partial charge in [-0.15, -0.1) is 0 Å². The average Bonchev–Trinajstić information content (AvgIpc) is 2.73. The molecule has 0 radical (unpaired) electrons. The molecule has 0 saturated carbocycles. The lowest BCUT2D eigenvalue weighted by atomic mass is 10.2. The highest BCUT2D eigenvalue weighted by atomic mass is 35.7. The first-order valence-corrected chi connectivity index (χ1v) is 8.34. The molecule has 1 aromatic heterocycles. The van der Waals surface area contributed by atoms with Crippen LogP contribution in [0.4, 0.5) is 0 Å². The number of aromatic amines is 1. The van der Waals surface area contributed by atoms with E-state index in [0.29, 0.717) is 18.5 Å². The second-order valence-corrected chi connectivity index (χ2v) is 6.74. The number of aryl methyl sites for hydroxylation is 1. The van der Waals surface area contributed by atoms with Gasteiger partial charge in [0.1, 0.15) is 11.0 Å². The van der Waals surface area contributed by atoms with Gasteiger partial charge in [0.2, 0.25) is 0 Å². The molecule has 0 spiro atoms. The van der Waals surface area contributed by atoms with Gasteiger partial charge < -0.3 is 9.47 Å². The zero-order valence-corrected chi connectivity index (χ0v) is 13.0. The number of hydrogen-bond donors (Lipinski definition) is 1. The van der Waals surface area contributed by atoms with Gasteiger partial charge in [-0.3, -0.25) is 5.10 Å². The SMILES string of the molecule is CCCc1[nH]nc(C(=O)OC(C)COC)c1S(=O)(=O)Cl. The fraction of sp³-hybridized carbons (Fsp3) is 0.636. The Hall–Kier alpha value is -1.12. The van der Waals surface area contributed by atoms with Gasteiger partial charge >= 0.3 is 5.97 Å². The molecule has 0 fully saturated rings. The van der Waals surface area contributed by atoms with E-state index in [0.717, 1.165) is 0 Å². The standard InChI is InChI=1S/C11H17ClN2O5S/c1-4-5-8-10(20(12,16)17)9(14-13-8)11(15)19-7(2)6-18-3/h7H,4-6H2,1-3H3,(H,13,14). The van der Waals surface area contributed by atoms with Crippen molar-refractivity contribution in [3.63, 3.8) is 0 Å². The molecule has 114 valence electrons. The van der Waals surface area contributed by atoms with Crippen LogP contribution in [-0.2, 0) is 24.9 Å². The minimum atomic E-state index is -4.09. The molecule has 1 aromatic rings. The summed E-state index contributed by atoms with van der Waals surface area (Å²) in [5.41, 5.74) is -0.0275. The van der Waals surface area contributed by atoms with Crippen molar-refractivity contribution >= 4 is 25.7 Å². The highest BCUT2D eigenvalue weighted by Crippen LogP contribution is 2.24. The number of rotatable bonds is 7.